The third-order valence-corrected chi connectivity index (χ3v) is 5.87. The van der Waals surface area contributed by atoms with Crippen molar-refractivity contribution < 1.29 is 13.2 Å². The molecule has 2 aromatic rings. The minimum absolute atomic E-state index is 0.225. The molecule has 0 radical (unpaired) electrons. The lowest BCUT2D eigenvalue weighted by Crippen LogP contribution is -2.15. The van der Waals surface area contributed by atoms with Crippen LogP contribution in [0.25, 0.3) is 0 Å². The fraction of sp³-hybridized carbons (Fsp3) is 0.188. The van der Waals surface area contributed by atoms with Crippen molar-refractivity contribution in [3.05, 3.63) is 58.6 Å². The molecule has 0 aliphatic carbocycles. The lowest BCUT2D eigenvalue weighted by molar-refractivity contribution is 0.102. The van der Waals surface area contributed by atoms with E-state index < -0.39 is 15.1 Å². The van der Waals surface area contributed by atoms with Gasteiger partial charge in [-0.15, -0.1) is 0 Å². The van der Waals surface area contributed by atoms with Crippen LogP contribution in [0, 0.1) is 0 Å². The monoisotopic (exact) mass is 381 g/mol. The molecule has 22 heavy (non-hydrogen) atoms. The van der Waals surface area contributed by atoms with Crippen LogP contribution in [-0.4, -0.2) is 19.6 Å². The zero-order valence-corrected chi connectivity index (χ0v) is 14.6. The molecule has 2 rings (SSSR count). The van der Waals surface area contributed by atoms with Gasteiger partial charge in [-0.05, 0) is 62.4 Å². The second kappa shape index (κ2) is 6.62. The van der Waals surface area contributed by atoms with Gasteiger partial charge in [-0.25, -0.2) is 8.42 Å². The van der Waals surface area contributed by atoms with Crippen LogP contribution in [0.4, 0.5) is 5.69 Å². The molecule has 0 saturated carbocycles. The predicted molar refractivity (Wildman–Crippen MR) is 90.9 cm³/mol. The summed E-state index contributed by atoms with van der Waals surface area (Å²) in [5, 5.41) is 2.27. The number of sulfone groups is 1. The highest BCUT2D eigenvalue weighted by molar-refractivity contribution is 9.10. The van der Waals surface area contributed by atoms with Crippen molar-refractivity contribution in [2.75, 3.05) is 5.32 Å². The Hall–Kier alpha value is -1.66. The Kier molecular flexibility index (Phi) is 5.03. The van der Waals surface area contributed by atoms with Crippen LogP contribution in [0.1, 0.15) is 24.2 Å². The van der Waals surface area contributed by atoms with Crippen LogP contribution < -0.4 is 5.32 Å². The van der Waals surface area contributed by atoms with Gasteiger partial charge in [0, 0.05) is 15.7 Å². The number of halogens is 1. The summed E-state index contributed by atoms with van der Waals surface area (Å²) < 4.78 is 25.0. The topological polar surface area (TPSA) is 63.2 Å². The fourth-order valence-electron chi connectivity index (χ4n) is 1.80. The van der Waals surface area contributed by atoms with E-state index in [0.29, 0.717) is 11.3 Å². The molecule has 0 bridgehead atoms. The molecule has 0 atom stereocenters. The molecule has 116 valence electrons. The molecular weight excluding hydrogens is 366 g/mol. The summed E-state index contributed by atoms with van der Waals surface area (Å²) in [7, 11) is -3.32. The Labute approximate surface area is 138 Å². The van der Waals surface area contributed by atoms with E-state index in [9.17, 15) is 13.2 Å². The molecule has 0 heterocycles. The van der Waals surface area contributed by atoms with Crippen LogP contribution >= 0.6 is 15.9 Å². The second-order valence-electron chi connectivity index (χ2n) is 5.08. The molecule has 0 spiro atoms. The molecule has 0 unspecified atom stereocenters. The van der Waals surface area contributed by atoms with Gasteiger partial charge in [-0.2, -0.15) is 0 Å². The molecule has 0 aromatic heterocycles. The summed E-state index contributed by atoms with van der Waals surface area (Å²) >= 11 is 3.33. The largest absolute Gasteiger partial charge is 0.322 e. The van der Waals surface area contributed by atoms with Crippen molar-refractivity contribution in [3.63, 3.8) is 0 Å². The Morgan fingerprint density at radius 1 is 1.00 bits per heavy atom. The number of anilines is 1. The summed E-state index contributed by atoms with van der Waals surface area (Å²) in [4.78, 5) is 12.3. The first-order chi connectivity index (χ1) is 10.3. The van der Waals surface area contributed by atoms with E-state index in [1.54, 1.807) is 26.0 Å². The number of hydrogen-bond acceptors (Lipinski definition) is 3. The SMILES string of the molecule is CC(C)S(=O)(=O)c1ccc(C(=O)Nc2ccc(Br)cc2)cc1. The molecule has 6 heteroatoms. The maximum atomic E-state index is 12.1. The van der Waals surface area contributed by atoms with Gasteiger partial charge in [0.05, 0.1) is 10.1 Å². The van der Waals surface area contributed by atoms with Crippen molar-refractivity contribution >= 4 is 37.4 Å². The van der Waals surface area contributed by atoms with E-state index in [4.69, 9.17) is 0 Å². The van der Waals surface area contributed by atoms with Gasteiger partial charge in [-0.1, -0.05) is 15.9 Å². The first-order valence-electron chi connectivity index (χ1n) is 6.71. The Balaban J connectivity index is 2.16. The Bertz CT molecular complexity index is 766. The predicted octanol–water partition coefficient (Wildman–Crippen LogP) is 3.88. The highest BCUT2D eigenvalue weighted by Gasteiger charge is 2.19. The van der Waals surface area contributed by atoms with Crippen LogP contribution in [0.3, 0.4) is 0 Å². The number of hydrogen-bond donors (Lipinski definition) is 1. The smallest absolute Gasteiger partial charge is 0.255 e. The normalized spacial score (nSPS) is 11.5. The Morgan fingerprint density at radius 2 is 1.55 bits per heavy atom. The van der Waals surface area contributed by atoms with Crippen molar-refractivity contribution in [1.82, 2.24) is 0 Å². The molecule has 0 saturated heterocycles. The standard InChI is InChI=1S/C16H16BrNO3S/c1-11(2)22(20,21)15-9-3-12(4-10-15)16(19)18-14-7-5-13(17)6-8-14/h3-11H,1-2H3,(H,18,19). The van der Waals surface area contributed by atoms with Crippen molar-refractivity contribution in [2.45, 2.75) is 24.0 Å². The van der Waals surface area contributed by atoms with Gasteiger partial charge in [0.1, 0.15) is 0 Å². The molecule has 1 N–H and O–H groups in total. The minimum atomic E-state index is -3.32. The van der Waals surface area contributed by atoms with Gasteiger partial charge in [0.25, 0.3) is 5.91 Å². The summed E-state index contributed by atoms with van der Waals surface area (Å²) in [6.07, 6.45) is 0. The molecule has 1 amide bonds. The number of amides is 1. The van der Waals surface area contributed by atoms with Gasteiger partial charge < -0.3 is 5.32 Å². The van der Waals surface area contributed by atoms with Crippen LogP contribution in [0.2, 0.25) is 0 Å². The van der Waals surface area contributed by atoms with Crippen molar-refractivity contribution in [3.8, 4) is 0 Å². The van der Waals surface area contributed by atoms with Gasteiger partial charge in [0.15, 0.2) is 9.84 Å². The van der Waals surface area contributed by atoms with Crippen LogP contribution in [0.5, 0.6) is 0 Å². The van der Waals surface area contributed by atoms with E-state index in [2.05, 4.69) is 21.2 Å². The lowest BCUT2D eigenvalue weighted by Gasteiger charge is -2.09. The highest BCUT2D eigenvalue weighted by atomic mass is 79.9. The summed E-state index contributed by atoms with van der Waals surface area (Å²) in [6.45, 7) is 3.26. The molecule has 4 nitrogen and oxygen atoms in total. The third-order valence-electron chi connectivity index (χ3n) is 3.17. The van der Waals surface area contributed by atoms with E-state index in [-0.39, 0.29) is 10.8 Å². The summed E-state index contributed by atoms with van der Waals surface area (Å²) in [5.74, 6) is -0.282. The van der Waals surface area contributed by atoms with E-state index in [0.717, 1.165) is 4.47 Å². The Morgan fingerprint density at radius 3 is 2.05 bits per heavy atom. The van der Waals surface area contributed by atoms with Crippen molar-refractivity contribution in [2.24, 2.45) is 0 Å². The number of carbonyl (C=O) groups is 1. The zero-order valence-electron chi connectivity index (χ0n) is 12.2. The first kappa shape index (κ1) is 16.7. The second-order valence-corrected chi connectivity index (χ2v) is 8.50. The van der Waals surface area contributed by atoms with Gasteiger partial charge in [0.2, 0.25) is 0 Å². The minimum Gasteiger partial charge on any atom is -0.322 e. The van der Waals surface area contributed by atoms with Crippen LogP contribution in [-0.2, 0) is 9.84 Å². The molecule has 2 aromatic carbocycles. The summed E-state index contributed by atoms with van der Waals surface area (Å²) in [6, 6.07) is 13.2. The maximum Gasteiger partial charge on any atom is 0.255 e. The summed E-state index contributed by atoms with van der Waals surface area (Å²) in [5.41, 5.74) is 1.08. The average molecular weight is 382 g/mol. The quantitative estimate of drug-likeness (QED) is 0.873. The van der Waals surface area contributed by atoms with E-state index in [1.165, 1.54) is 24.3 Å². The lowest BCUT2D eigenvalue weighted by atomic mass is 10.2. The average Bonchev–Trinajstić information content (AvgIpc) is 2.49. The third kappa shape index (κ3) is 3.75. The zero-order chi connectivity index (χ0) is 16.3. The number of rotatable bonds is 4. The number of nitrogens with one attached hydrogen (secondary N) is 1. The van der Waals surface area contributed by atoms with Gasteiger partial charge >= 0.3 is 0 Å². The molecule has 0 aliphatic heterocycles. The van der Waals surface area contributed by atoms with Crippen LogP contribution in [0.15, 0.2) is 57.9 Å². The van der Waals surface area contributed by atoms with Crippen molar-refractivity contribution in [1.29, 1.82) is 0 Å². The highest BCUT2D eigenvalue weighted by Crippen LogP contribution is 2.18. The maximum absolute atomic E-state index is 12.1. The molecule has 0 aliphatic rings. The molecule has 0 fully saturated rings. The number of benzene rings is 2. The van der Waals surface area contributed by atoms with E-state index in [1.807, 2.05) is 12.1 Å². The molecular formula is C16H16BrNO3S. The fourth-order valence-corrected chi connectivity index (χ4v) is 3.13. The first-order valence-corrected chi connectivity index (χ1v) is 9.05. The van der Waals surface area contributed by atoms with E-state index >= 15 is 0 Å². The number of carbonyl (C=O) groups excluding carboxylic acids is 1. The van der Waals surface area contributed by atoms with Gasteiger partial charge in [-0.3, -0.25) is 4.79 Å².